The van der Waals surface area contributed by atoms with Gasteiger partial charge in [-0.2, -0.15) is 4.98 Å². The lowest BCUT2D eigenvalue weighted by atomic mass is 10.2. The van der Waals surface area contributed by atoms with Gasteiger partial charge < -0.3 is 15.2 Å². The molecule has 0 atom stereocenters. The largest absolute Gasteiger partial charge is 0.339 e. The number of hydrogen-bond acceptors (Lipinski definition) is 6. The third-order valence-corrected chi connectivity index (χ3v) is 4.41. The summed E-state index contributed by atoms with van der Waals surface area (Å²) in [4.78, 5) is 29.6. The first-order valence-corrected chi connectivity index (χ1v) is 8.34. The molecule has 0 bridgehead atoms. The van der Waals surface area contributed by atoms with E-state index in [1.807, 2.05) is 13.0 Å². The summed E-state index contributed by atoms with van der Waals surface area (Å²) in [5.74, 6) is 0.537. The number of anilines is 2. The van der Waals surface area contributed by atoms with Gasteiger partial charge in [0.2, 0.25) is 17.6 Å². The van der Waals surface area contributed by atoms with Crippen molar-refractivity contribution in [2.24, 2.45) is 0 Å². The standard InChI is InChI=1S/C17H16N4O3S/c1-9-14(8-15(25-9)16-19-11(3)24-21-16)20-17(23)12-5-4-6-13(7-12)18-10(2)22/h4-8H,1-3H3,(H,18,22)(H,20,23). The van der Waals surface area contributed by atoms with E-state index in [0.29, 0.717) is 28.7 Å². The maximum Gasteiger partial charge on any atom is 0.255 e. The van der Waals surface area contributed by atoms with Gasteiger partial charge in [0.1, 0.15) is 0 Å². The number of amides is 2. The molecule has 3 rings (SSSR count). The molecule has 3 aromatic rings. The summed E-state index contributed by atoms with van der Waals surface area (Å²) in [7, 11) is 0. The van der Waals surface area contributed by atoms with Gasteiger partial charge in [0.15, 0.2) is 0 Å². The van der Waals surface area contributed by atoms with E-state index in [2.05, 4.69) is 20.8 Å². The van der Waals surface area contributed by atoms with Crippen molar-refractivity contribution in [2.45, 2.75) is 20.8 Å². The number of benzene rings is 1. The van der Waals surface area contributed by atoms with Gasteiger partial charge in [-0.05, 0) is 31.2 Å². The van der Waals surface area contributed by atoms with Gasteiger partial charge in [0.25, 0.3) is 5.91 Å². The molecule has 0 aliphatic rings. The van der Waals surface area contributed by atoms with E-state index < -0.39 is 0 Å². The lowest BCUT2D eigenvalue weighted by Crippen LogP contribution is -2.13. The summed E-state index contributed by atoms with van der Waals surface area (Å²) in [6.07, 6.45) is 0. The molecule has 1 aromatic carbocycles. The van der Waals surface area contributed by atoms with Crippen LogP contribution in [0.2, 0.25) is 0 Å². The molecule has 2 amide bonds. The third-order valence-electron chi connectivity index (χ3n) is 3.36. The second-order valence-electron chi connectivity index (χ2n) is 5.43. The molecule has 2 N–H and O–H groups in total. The van der Waals surface area contributed by atoms with Crippen LogP contribution in [0.3, 0.4) is 0 Å². The van der Waals surface area contributed by atoms with Crippen LogP contribution in [-0.4, -0.2) is 22.0 Å². The highest BCUT2D eigenvalue weighted by atomic mass is 32.1. The average Bonchev–Trinajstić information content (AvgIpc) is 3.13. The monoisotopic (exact) mass is 356 g/mol. The van der Waals surface area contributed by atoms with Crippen molar-refractivity contribution in [1.82, 2.24) is 10.1 Å². The van der Waals surface area contributed by atoms with Gasteiger partial charge in [0.05, 0.1) is 10.6 Å². The zero-order valence-corrected chi connectivity index (χ0v) is 14.7. The van der Waals surface area contributed by atoms with Crippen LogP contribution in [0.15, 0.2) is 34.9 Å². The van der Waals surface area contributed by atoms with E-state index in [1.165, 1.54) is 18.3 Å². The topological polar surface area (TPSA) is 97.1 Å². The summed E-state index contributed by atoms with van der Waals surface area (Å²) >= 11 is 1.47. The van der Waals surface area contributed by atoms with Crippen LogP contribution in [0.5, 0.6) is 0 Å². The van der Waals surface area contributed by atoms with Crippen LogP contribution >= 0.6 is 11.3 Å². The van der Waals surface area contributed by atoms with Gasteiger partial charge in [-0.3, -0.25) is 9.59 Å². The molecule has 8 heteroatoms. The molecule has 0 saturated heterocycles. The fraction of sp³-hybridized carbons (Fsp3) is 0.176. The van der Waals surface area contributed by atoms with Crippen molar-refractivity contribution < 1.29 is 14.1 Å². The Morgan fingerprint density at radius 3 is 2.64 bits per heavy atom. The first-order valence-electron chi connectivity index (χ1n) is 7.52. The number of aryl methyl sites for hydroxylation is 2. The molecular formula is C17H16N4O3S. The molecule has 2 aromatic heterocycles. The highest BCUT2D eigenvalue weighted by Gasteiger charge is 2.15. The fourth-order valence-corrected chi connectivity index (χ4v) is 3.15. The Balaban J connectivity index is 1.79. The van der Waals surface area contributed by atoms with Crippen LogP contribution < -0.4 is 10.6 Å². The number of carbonyl (C=O) groups excluding carboxylic acids is 2. The lowest BCUT2D eigenvalue weighted by Gasteiger charge is -2.07. The summed E-state index contributed by atoms with van der Waals surface area (Å²) in [6.45, 7) is 5.05. The van der Waals surface area contributed by atoms with Crippen molar-refractivity contribution in [3.05, 3.63) is 46.7 Å². The Hall–Kier alpha value is -3.00. The third kappa shape index (κ3) is 3.92. The molecule has 25 heavy (non-hydrogen) atoms. The molecule has 128 valence electrons. The van der Waals surface area contributed by atoms with E-state index in [0.717, 1.165) is 9.75 Å². The molecular weight excluding hydrogens is 340 g/mol. The molecule has 0 fully saturated rings. The molecule has 2 heterocycles. The lowest BCUT2D eigenvalue weighted by molar-refractivity contribution is -0.114. The Bertz CT molecular complexity index is 945. The summed E-state index contributed by atoms with van der Waals surface area (Å²) in [5.41, 5.74) is 1.72. The summed E-state index contributed by atoms with van der Waals surface area (Å²) in [6, 6.07) is 8.58. The number of aromatic nitrogens is 2. The average molecular weight is 356 g/mol. The second kappa shape index (κ2) is 6.86. The molecule has 0 unspecified atom stereocenters. The van der Waals surface area contributed by atoms with E-state index in [1.54, 1.807) is 31.2 Å². The first-order chi connectivity index (χ1) is 11.9. The van der Waals surface area contributed by atoms with Crippen LogP contribution in [-0.2, 0) is 4.79 Å². The van der Waals surface area contributed by atoms with Crippen molar-refractivity contribution in [3.8, 4) is 10.7 Å². The Morgan fingerprint density at radius 1 is 1.16 bits per heavy atom. The highest BCUT2D eigenvalue weighted by Crippen LogP contribution is 2.33. The zero-order chi connectivity index (χ0) is 18.0. The normalized spacial score (nSPS) is 10.5. The van der Waals surface area contributed by atoms with Gasteiger partial charge in [-0.1, -0.05) is 11.2 Å². The molecule has 0 aliphatic carbocycles. The predicted molar refractivity (Wildman–Crippen MR) is 95.8 cm³/mol. The van der Waals surface area contributed by atoms with Crippen LogP contribution in [0.1, 0.15) is 28.0 Å². The van der Waals surface area contributed by atoms with E-state index in [9.17, 15) is 9.59 Å². The second-order valence-corrected chi connectivity index (χ2v) is 6.69. The SMILES string of the molecule is CC(=O)Nc1cccc(C(=O)Nc2cc(-c3noc(C)n3)sc2C)c1. The van der Waals surface area contributed by atoms with Gasteiger partial charge >= 0.3 is 0 Å². The van der Waals surface area contributed by atoms with Crippen LogP contribution in [0, 0.1) is 13.8 Å². The molecule has 0 radical (unpaired) electrons. The molecule has 0 aliphatic heterocycles. The van der Waals surface area contributed by atoms with Crippen molar-refractivity contribution in [3.63, 3.8) is 0 Å². The zero-order valence-electron chi connectivity index (χ0n) is 13.9. The van der Waals surface area contributed by atoms with Crippen LogP contribution in [0.4, 0.5) is 11.4 Å². The van der Waals surface area contributed by atoms with E-state index in [-0.39, 0.29) is 11.8 Å². The Morgan fingerprint density at radius 2 is 1.96 bits per heavy atom. The predicted octanol–water partition coefficient (Wildman–Crippen LogP) is 3.63. The van der Waals surface area contributed by atoms with E-state index >= 15 is 0 Å². The van der Waals surface area contributed by atoms with Crippen LogP contribution in [0.25, 0.3) is 10.7 Å². The minimum Gasteiger partial charge on any atom is -0.339 e. The molecule has 0 spiro atoms. The van der Waals surface area contributed by atoms with Gasteiger partial charge in [0, 0.05) is 30.0 Å². The summed E-state index contributed by atoms with van der Waals surface area (Å²) < 4.78 is 4.99. The molecule has 0 saturated carbocycles. The number of carbonyl (C=O) groups is 2. The van der Waals surface area contributed by atoms with Crippen molar-refractivity contribution in [2.75, 3.05) is 10.6 Å². The van der Waals surface area contributed by atoms with E-state index in [4.69, 9.17) is 4.52 Å². The number of thiophene rings is 1. The highest BCUT2D eigenvalue weighted by molar-refractivity contribution is 7.16. The van der Waals surface area contributed by atoms with Crippen molar-refractivity contribution in [1.29, 1.82) is 0 Å². The Kier molecular flexibility index (Phi) is 4.62. The first kappa shape index (κ1) is 16.8. The Labute approximate surface area is 148 Å². The van der Waals surface area contributed by atoms with Gasteiger partial charge in [-0.15, -0.1) is 11.3 Å². The number of hydrogen-bond donors (Lipinski definition) is 2. The summed E-state index contributed by atoms with van der Waals surface area (Å²) in [5, 5.41) is 9.42. The van der Waals surface area contributed by atoms with Crippen molar-refractivity contribution >= 4 is 34.5 Å². The number of rotatable bonds is 4. The maximum atomic E-state index is 12.5. The minimum atomic E-state index is -0.260. The number of nitrogens with zero attached hydrogens (tertiary/aromatic N) is 2. The number of nitrogens with one attached hydrogen (secondary N) is 2. The quantitative estimate of drug-likeness (QED) is 0.744. The maximum absolute atomic E-state index is 12.5. The van der Waals surface area contributed by atoms with Gasteiger partial charge in [-0.25, -0.2) is 0 Å². The smallest absolute Gasteiger partial charge is 0.255 e. The fourth-order valence-electron chi connectivity index (χ4n) is 2.25. The minimum absolute atomic E-state index is 0.189. The molecule has 7 nitrogen and oxygen atoms in total.